The van der Waals surface area contributed by atoms with Gasteiger partial charge < -0.3 is 0 Å². The van der Waals surface area contributed by atoms with E-state index in [4.69, 9.17) is 0 Å². The predicted octanol–water partition coefficient (Wildman–Crippen LogP) is 2.46. The summed E-state index contributed by atoms with van der Waals surface area (Å²) < 4.78 is 0. The van der Waals surface area contributed by atoms with Crippen molar-refractivity contribution in [2.45, 2.75) is 40.5 Å². The van der Waals surface area contributed by atoms with Crippen LogP contribution in [0.15, 0.2) is 0 Å². The molecule has 0 aromatic carbocycles. The lowest BCUT2D eigenvalue weighted by atomic mass is 9.84. The van der Waals surface area contributed by atoms with Crippen LogP contribution in [-0.2, 0) is 9.59 Å². The summed E-state index contributed by atoms with van der Waals surface area (Å²) in [5, 5.41) is 0. The number of carbonyl (C=O) groups excluding carboxylic acids is 2. The Hall–Kier alpha value is -0.660. The van der Waals surface area contributed by atoms with Gasteiger partial charge in [-0.1, -0.05) is 20.8 Å². The van der Waals surface area contributed by atoms with E-state index in [1.165, 1.54) is 0 Å². The SMILES string of the molecule is CC(=O)[C@@H]1C[C@@H]2[C@H](C1)[C@H]2C(=O)C(C)(C)C. The van der Waals surface area contributed by atoms with E-state index in [1.807, 2.05) is 20.8 Å². The maximum Gasteiger partial charge on any atom is 0.141 e. The van der Waals surface area contributed by atoms with Gasteiger partial charge in [0.15, 0.2) is 0 Å². The number of carbonyl (C=O) groups is 2. The van der Waals surface area contributed by atoms with Gasteiger partial charge in [-0.2, -0.15) is 0 Å². The van der Waals surface area contributed by atoms with Crippen molar-refractivity contribution in [1.29, 1.82) is 0 Å². The van der Waals surface area contributed by atoms with E-state index in [1.54, 1.807) is 6.92 Å². The molecule has 0 saturated heterocycles. The van der Waals surface area contributed by atoms with Crippen LogP contribution >= 0.6 is 0 Å². The Balaban J connectivity index is 1.95. The predicted molar refractivity (Wildman–Crippen MR) is 58.3 cm³/mol. The van der Waals surface area contributed by atoms with Gasteiger partial charge in [0.25, 0.3) is 0 Å². The van der Waals surface area contributed by atoms with Crippen molar-refractivity contribution >= 4 is 11.6 Å². The van der Waals surface area contributed by atoms with Crippen LogP contribution < -0.4 is 0 Å². The molecule has 15 heavy (non-hydrogen) atoms. The Morgan fingerprint density at radius 2 is 1.53 bits per heavy atom. The van der Waals surface area contributed by atoms with Gasteiger partial charge in [-0.3, -0.25) is 9.59 Å². The molecule has 0 amide bonds. The highest BCUT2D eigenvalue weighted by molar-refractivity contribution is 5.90. The summed E-state index contributed by atoms with van der Waals surface area (Å²) in [5.74, 6) is 2.31. The molecule has 2 fully saturated rings. The molecule has 0 bridgehead atoms. The Morgan fingerprint density at radius 3 is 1.87 bits per heavy atom. The maximum atomic E-state index is 12.0. The van der Waals surface area contributed by atoms with Gasteiger partial charge in [0.1, 0.15) is 11.6 Å². The lowest BCUT2D eigenvalue weighted by Crippen LogP contribution is -2.25. The van der Waals surface area contributed by atoms with E-state index in [9.17, 15) is 9.59 Å². The van der Waals surface area contributed by atoms with Gasteiger partial charge in [0.2, 0.25) is 0 Å². The van der Waals surface area contributed by atoms with Crippen LogP contribution in [0.2, 0.25) is 0 Å². The quantitative estimate of drug-likeness (QED) is 0.698. The highest BCUT2D eigenvalue weighted by atomic mass is 16.1. The van der Waals surface area contributed by atoms with Crippen LogP contribution in [0, 0.1) is 29.1 Å². The van der Waals surface area contributed by atoms with E-state index >= 15 is 0 Å². The van der Waals surface area contributed by atoms with Crippen LogP contribution in [0.4, 0.5) is 0 Å². The van der Waals surface area contributed by atoms with Crippen molar-refractivity contribution in [1.82, 2.24) is 0 Å². The Bertz CT molecular complexity index is 299. The largest absolute Gasteiger partial charge is 0.300 e. The molecule has 0 heterocycles. The summed E-state index contributed by atoms with van der Waals surface area (Å²) in [6, 6.07) is 0. The van der Waals surface area contributed by atoms with Crippen LogP contribution in [-0.4, -0.2) is 11.6 Å². The first-order chi connectivity index (χ1) is 6.82. The average Bonchev–Trinajstić information content (AvgIpc) is 2.55. The summed E-state index contributed by atoms with van der Waals surface area (Å²) in [7, 11) is 0. The maximum absolute atomic E-state index is 12.0. The molecule has 0 aliphatic heterocycles. The molecule has 2 heteroatoms. The number of Topliss-reactive ketones (excluding diaryl/α,β-unsaturated/α-hetero) is 2. The fourth-order valence-corrected chi connectivity index (χ4v) is 3.06. The second kappa shape index (κ2) is 3.16. The fourth-order valence-electron chi connectivity index (χ4n) is 3.06. The zero-order valence-electron chi connectivity index (χ0n) is 10.0. The minimum Gasteiger partial charge on any atom is -0.300 e. The number of rotatable bonds is 2. The molecule has 0 N–H and O–H groups in total. The molecule has 84 valence electrons. The number of hydrogen-bond acceptors (Lipinski definition) is 2. The van der Waals surface area contributed by atoms with Crippen molar-refractivity contribution in [3.63, 3.8) is 0 Å². The molecule has 2 saturated carbocycles. The number of hydrogen-bond donors (Lipinski definition) is 0. The molecule has 2 aliphatic rings. The lowest BCUT2D eigenvalue weighted by molar-refractivity contribution is -0.129. The van der Waals surface area contributed by atoms with E-state index in [0.29, 0.717) is 23.4 Å². The topological polar surface area (TPSA) is 34.1 Å². The molecule has 0 unspecified atom stereocenters. The van der Waals surface area contributed by atoms with Crippen molar-refractivity contribution in [2.24, 2.45) is 29.1 Å². The van der Waals surface area contributed by atoms with Crippen LogP contribution in [0.25, 0.3) is 0 Å². The molecule has 2 nitrogen and oxygen atoms in total. The van der Waals surface area contributed by atoms with Crippen LogP contribution in [0.1, 0.15) is 40.5 Å². The van der Waals surface area contributed by atoms with Crippen molar-refractivity contribution < 1.29 is 9.59 Å². The van der Waals surface area contributed by atoms with Crippen LogP contribution in [0.3, 0.4) is 0 Å². The smallest absolute Gasteiger partial charge is 0.141 e. The molecule has 2 aliphatic carbocycles. The molecule has 4 atom stereocenters. The highest BCUT2D eigenvalue weighted by Crippen LogP contribution is 2.61. The summed E-state index contributed by atoms with van der Waals surface area (Å²) in [5.41, 5.74) is -0.208. The van der Waals surface area contributed by atoms with Gasteiger partial charge in [-0.05, 0) is 31.6 Å². The first-order valence-corrected chi connectivity index (χ1v) is 5.87. The third-order valence-electron chi connectivity index (χ3n) is 4.06. The molecule has 0 aromatic heterocycles. The molecule has 2 rings (SSSR count). The van der Waals surface area contributed by atoms with Crippen molar-refractivity contribution in [3.8, 4) is 0 Å². The molecule has 0 radical (unpaired) electrons. The Morgan fingerprint density at radius 1 is 1.07 bits per heavy atom. The third-order valence-corrected chi connectivity index (χ3v) is 4.06. The average molecular weight is 208 g/mol. The van der Waals surface area contributed by atoms with Gasteiger partial charge in [-0.15, -0.1) is 0 Å². The van der Waals surface area contributed by atoms with E-state index < -0.39 is 0 Å². The van der Waals surface area contributed by atoms with Gasteiger partial charge in [0.05, 0.1) is 0 Å². The normalized spacial score (nSPS) is 38.7. The zero-order chi connectivity index (χ0) is 11.4. The summed E-state index contributed by atoms with van der Waals surface area (Å²) in [6.45, 7) is 7.65. The minimum atomic E-state index is -0.208. The Kier molecular flexibility index (Phi) is 2.29. The summed E-state index contributed by atoms with van der Waals surface area (Å²) in [6.07, 6.45) is 1.93. The lowest BCUT2D eigenvalue weighted by Gasteiger charge is -2.19. The van der Waals surface area contributed by atoms with Crippen molar-refractivity contribution in [2.75, 3.05) is 0 Å². The number of ketones is 2. The first-order valence-electron chi connectivity index (χ1n) is 5.87. The second-order valence-electron chi connectivity index (χ2n) is 6.25. The third kappa shape index (κ3) is 1.75. The Labute approximate surface area is 91.4 Å². The highest BCUT2D eigenvalue weighted by Gasteiger charge is 2.61. The number of fused-ring (bicyclic) bond motifs is 1. The minimum absolute atomic E-state index is 0.208. The molecule has 0 aromatic rings. The first kappa shape index (κ1) is 10.8. The monoisotopic (exact) mass is 208 g/mol. The van der Waals surface area contributed by atoms with Gasteiger partial charge in [-0.25, -0.2) is 0 Å². The molecular formula is C13H20O2. The van der Waals surface area contributed by atoms with Crippen LogP contribution in [0.5, 0.6) is 0 Å². The molecular weight excluding hydrogens is 188 g/mol. The van der Waals surface area contributed by atoms with E-state index in [-0.39, 0.29) is 17.3 Å². The fraction of sp³-hybridized carbons (Fsp3) is 0.846. The standard InChI is InChI=1S/C13H20O2/c1-7(14)8-5-9-10(6-8)11(9)12(15)13(2,3)4/h8-11H,5-6H2,1-4H3/t8-,9-,10+,11+. The zero-order valence-corrected chi connectivity index (χ0v) is 10.0. The summed E-state index contributed by atoms with van der Waals surface area (Å²) >= 11 is 0. The van der Waals surface area contributed by atoms with E-state index in [0.717, 1.165) is 12.8 Å². The van der Waals surface area contributed by atoms with Gasteiger partial charge in [0, 0.05) is 17.3 Å². The van der Waals surface area contributed by atoms with E-state index in [2.05, 4.69) is 0 Å². The van der Waals surface area contributed by atoms with Crippen molar-refractivity contribution in [3.05, 3.63) is 0 Å². The van der Waals surface area contributed by atoms with Gasteiger partial charge >= 0.3 is 0 Å². The molecule has 0 spiro atoms. The summed E-state index contributed by atoms with van der Waals surface area (Å²) in [4.78, 5) is 23.2. The second-order valence-corrected chi connectivity index (χ2v) is 6.25.